The van der Waals surface area contributed by atoms with Gasteiger partial charge < -0.3 is 15.1 Å². The predicted octanol–water partition coefficient (Wildman–Crippen LogP) is 2.80. The van der Waals surface area contributed by atoms with Crippen LogP contribution in [-0.2, 0) is 6.54 Å². The molecule has 0 saturated carbocycles. The molecule has 6 heteroatoms. The molecule has 1 aromatic carbocycles. The van der Waals surface area contributed by atoms with Crippen LogP contribution in [0.4, 0.5) is 10.7 Å². The third-order valence-corrected chi connectivity index (χ3v) is 4.03. The van der Waals surface area contributed by atoms with E-state index in [4.69, 9.17) is 0 Å². The minimum absolute atomic E-state index is 0.101. The molecule has 1 aromatic heterocycles. The van der Waals surface area contributed by atoms with Gasteiger partial charge in [0, 0.05) is 45.6 Å². The number of rotatable bonds is 6. The Bertz CT molecular complexity index is 699. The van der Waals surface area contributed by atoms with Gasteiger partial charge in [0.15, 0.2) is 0 Å². The molecule has 1 N–H and O–H groups in total. The summed E-state index contributed by atoms with van der Waals surface area (Å²) in [5, 5.41) is 2.99. The Hall–Kier alpha value is -2.63. The van der Waals surface area contributed by atoms with Crippen LogP contribution >= 0.6 is 0 Å². The number of carbonyl (C=O) groups excluding carboxylic acids is 1. The zero-order valence-electron chi connectivity index (χ0n) is 15.7. The van der Waals surface area contributed by atoms with E-state index in [1.54, 1.807) is 24.3 Å². The van der Waals surface area contributed by atoms with E-state index >= 15 is 0 Å². The van der Waals surface area contributed by atoms with Crippen molar-refractivity contribution in [3.63, 3.8) is 0 Å². The maximum absolute atomic E-state index is 12.3. The zero-order chi connectivity index (χ0) is 18.4. The van der Waals surface area contributed by atoms with Crippen LogP contribution in [-0.4, -0.2) is 48.6 Å². The van der Waals surface area contributed by atoms with E-state index in [-0.39, 0.29) is 11.9 Å². The first-order chi connectivity index (χ1) is 11.9. The SMILES string of the molecule is Cc1cccc(C(C)CNC(=O)N(C)Cc2cnc(N(C)C)nc2)c1. The van der Waals surface area contributed by atoms with Crippen LogP contribution in [0.1, 0.15) is 29.5 Å². The molecule has 2 aromatic rings. The molecule has 0 radical (unpaired) electrons. The van der Waals surface area contributed by atoms with Crippen molar-refractivity contribution in [3.8, 4) is 0 Å². The lowest BCUT2D eigenvalue weighted by molar-refractivity contribution is 0.206. The van der Waals surface area contributed by atoms with Gasteiger partial charge in [0.2, 0.25) is 5.95 Å². The van der Waals surface area contributed by atoms with Gasteiger partial charge >= 0.3 is 6.03 Å². The normalized spacial score (nSPS) is 11.7. The highest BCUT2D eigenvalue weighted by molar-refractivity contribution is 5.73. The third-order valence-electron chi connectivity index (χ3n) is 4.03. The lowest BCUT2D eigenvalue weighted by Crippen LogP contribution is -2.38. The van der Waals surface area contributed by atoms with E-state index < -0.39 is 0 Å². The number of aromatic nitrogens is 2. The number of carbonyl (C=O) groups is 1. The average Bonchev–Trinajstić information content (AvgIpc) is 2.59. The first kappa shape index (κ1) is 18.7. The number of urea groups is 1. The summed E-state index contributed by atoms with van der Waals surface area (Å²) in [5.74, 6) is 0.919. The highest BCUT2D eigenvalue weighted by Gasteiger charge is 2.12. The fourth-order valence-electron chi connectivity index (χ4n) is 2.48. The Morgan fingerprint density at radius 3 is 2.48 bits per heavy atom. The van der Waals surface area contributed by atoms with E-state index in [1.165, 1.54) is 11.1 Å². The summed E-state index contributed by atoms with van der Waals surface area (Å²) >= 11 is 0. The van der Waals surface area contributed by atoms with Crippen molar-refractivity contribution < 1.29 is 4.79 Å². The van der Waals surface area contributed by atoms with Crippen molar-refractivity contribution in [3.05, 3.63) is 53.3 Å². The second-order valence-electron chi connectivity index (χ2n) is 6.64. The van der Waals surface area contributed by atoms with Crippen molar-refractivity contribution in [2.75, 3.05) is 32.6 Å². The van der Waals surface area contributed by atoms with Crippen LogP contribution < -0.4 is 10.2 Å². The highest BCUT2D eigenvalue weighted by Crippen LogP contribution is 2.15. The predicted molar refractivity (Wildman–Crippen MR) is 101 cm³/mol. The smallest absolute Gasteiger partial charge is 0.317 e. The van der Waals surface area contributed by atoms with Gasteiger partial charge in [-0.1, -0.05) is 36.8 Å². The number of benzene rings is 1. The van der Waals surface area contributed by atoms with Crippen LogP contribution in [0.5, 0.6) is 0 Å². The molecule has 0 aliphatic carbocycles. The summed E-state index contributed by atoms with van der Waals surface area (Å²) in [6, 6.07) is 8.27. The Morgan fingerprint density at radius 2 is 1.88 bits per heavy atom. The molecule has 0 fully saturated rings. The summed E-state index contributed by atoms with van der Waals surface area (Å²) in [6.07, 6.45) is 3.50. The van der Waals surface area contributed by atoms with Gasteiger partial charge in [0.25, 0.3) is 0 Å². The molecule has 1 heterocycles. The van der Waals surface area contributed by atoms with Crippen LogP contribution in [0.2, 0.25) is 0 Å². The molecule has 0 aliphatic rings. The number of aryl methyl sites for hydroxylation is 1. The Balaban J connectivity index is 1.85. The number of amides is 2. The van der Waals surface area contributed by atoms with Gasteiger partial charge in [-0.25, -0.2) is 14.8 Å². The number of hydrogen-bond acceptors (Lipinski definition) is 4. The quantitative estimate of drug-likeness (QED) is 0.878. The second-order valence-corrected chi connectivity index (χ2v) is 6.64. The van der Waals surface area contributed by atoms with Crippen LogP contribution in [0.25, 0.3) is 0 Å². The molecule has 0 spiro atoms. The fourth-order valence-corrected chi connectivity index (χ4v) is 2.48. The molecule has 0 aliphatic heterocycles. The number of nitrogens with one attached hydrogen (secondary N) is 1. The molecular weight excluding hydrogens is 314 g/mol. The van der Waals surface area contributed by atoms with Crippen molar-refractivity contribution >= 4 is 12.0 Å². The summed E-state index contributed by atoms with van der Waals surface area (Å²) in [5.41, 5.74) is 3.36. The molecule has 6 nitrogen and oxygen atoms in total. The van der Waals surface area contributed by atoms with Gasteiger partial charge in [0.05, 0.1) is 6.54 Å². The van der Waals surface area contributed by atoms with Crippen molar-refractivity contribution in [2.45, 2.75) is 26.3 Å². The molecular formula is C19H27N5O. The Morgan fingerprint density at radius 1 is 1.20 bits per heavy atom. The minimum Gasteiger partial charge on any atom is -0.347 e. The lowest BCUT2D eigenvalue weighted by Gasteiger charge is -2.20. The maximum atomic E-state index is 12.3. The van der Waals surface area contributed by atoms with Crippen molar-refractivity contribution in [2.24, 2.45) is 0 Å². The molecule has 1 unspecified atom stereocenters. The molecule has 2 rings (SSSR count). The first-order valence-corrected chi connectivity index (χ1v) is 8.40. The standard InChI is InChI=1S/C19H27N5O/c1-14-7-6-8-17(9-14)15(2)10-22-19(25)24(5)13-16-11-20-18(21-12-16)23(3)4/h6-9,11-12,15H,10,13H2,1-5H3,(H,22,25). The Kier molecular flexibility index (Phi) is 6.33. The Labute approximate surface area is 149 Å². The topological polar surface area (TPSA) is 61.4 Å². The zero-order valence-corrected chi connectivity index (χ0v) is 15.7. The molecule has 134 valence electrons. The van der Waals surface area contributed by atoms with Crippen LogP contribution in [0, 0.1) is 6.92 Å². The van der Waals surface area contributed by atoms with E-state index in [9.17, 15) is 4.79 Å². The fraction of sp³-hybridized carbons (Fsp3) is 0.421. The molecule has 2 amide bonds. The van der Waals surface area contributed by atoms with Crippen LogP contribution in [0.15, 0.2) is 36.7 Å². The molecule has 1 atom stereocenters. The van der Waals surface area contributed by atoms with E-state index in [0.717, 1.165) is 5.56 Å². The van der Waals surface area contributed by atoms with Crippen molar-refractivity contribution in [1.29, 1.82) is 0 Å². The summed E-state index contributed by atoms with van der Waals surface area (Å²) < 4.78 is 0. The van der Waals surface area contributed by atoms with Crippen LogP contribution in [0.3, 0.4) is 0 Å². The van der Waals surface area contributed by atoms with E-state index in [1.807, 2.05) is 25.1 Å². The van der Waals surface area contributed by atoms with Gasteiger partial charge in [-0.05, 0) is 18.4 Å². The van der Waals surface area contributed by atoms with Gasteiger partial charge in [0.1, 0.15) is 0 Å². The maximum Gasteiger partial charge on any atom is 0.317 e. The molecule has 0 saturated heterocycles. The third kappa shape index (κ3) is 5.45. The van der Waals surface area contributed by atoms with E-state index in [2.05, 4.69) is 47.3 Å². The minimum atomic E-state index is -0.101. The first-order valence-electron chi connectivity index (χ1n) is 8.40. The van der Waals surface area contributed by atoms with Gasteiger partial charge in [-0.2, -0.15) is 0 Å². The number of nitrogens with zero attached hydrogens (tertiary/aromatic N) is 4. The van der Waals surface area contributed by atoms with Gasteiger partial charge in [-0.15, -0.1) is 0 Å². The number of hydrogen-bond donors (Lipinski definition) is 1. The summed E-state index contributed by atoms with van der Waals surface area (Å²) in [4.78, 5) is 24.3. The summed E-state index contributed by atoms with van der Waals surface area (Å²) in [6.45, 7) is 5.26. The molecule has 25 heavy (non-hydrogen) atoms. The van der Waals surface area contributed by atoms with Gasteiger partial charge in [-0.3, -0.25) is 0 Å². The largest absolute Gasteiger partial charge is 0.347 e. The average molecular weight is 341 g/mol. The molecule has 0 bridgehead atoms. The van der Waals surface area contributed by atoms with E-state index in [0.29, 0.717) is 19.0 Å². The summed E-state index contributed by atoms with van der Waals surface area (Å²) in [7, 11) is 5.56. The monoisotopic (exact) mass is 341 g/mol. The second kappa shape index (κ2) is 8.46. The highest BCUT2D eigenvalue weighted by atomic mass is 16.2. The lowest BCUT2D eigenvalue weighted by atomic mass is 9.99. The van der Waals surface area contributed by atoms with Crippen molar-refractivity contribution in [1.82, 2.24) is 20.2 Å². The number of anilines is 1.